The van der Waals surface area contributed by atoms with Crippen molar-refractivity contribution in [2.75, 3.05) is 13.1 Å². The molecule has 1 amide bonds. The number of nitrogens with zero attached hydrogens (tertiary/aromatic N) is 1. The number of hydrogen-bond donors (Lipinski definition) is 2. The van der Waals surface area contributed by atoms with Gasteiger partial charge in [0.25, 0.3) is 5.91 Å². The van der Waals surface area contributed by atoms with Gasteiger partial charge in [0, 0.05) is 19.0 Å². The number of benzene rings is 1. The Bertz CT molecular complexity index is 516. The SMILES string of the molecule is O=C(c1ccccc1O)N1CCC2(O)CCCCC2C1. The minimum Gasteiger partial charge on any atom is -0.507 e. The molecule has 1 aliphatic carbocycles. The molecule has 2 aliphatic rings. The number of phenolic OH excluding ortho intramolecular Hbond substituents is 1. The second kappa shape index (κ2) is 5.09. The van der Waals surface area contributed by atoms with Crippen LogP contribution in [0, 0.1) is 5.92 Å². The van der Waals surface area contributed by atoms with Gasteiger partial charge in [-0.2, -0.15) is 0 Å². The summed E-state index contributed by atoms with van der Waals surface area (Å²) < 4.78 is 0. The van der Waals surface area contributed by atoms with Crippen molar-refractivity contribution < 1.29 is 15.0 Å². The van der Waals surface area contributed by atoms with Crippen molar-refractivity contribution in [1.29, 1.82) is 0 Å². The predicted molar refractivity (Wildman–Crippen MR) is 75.5 cm³/mol. The molecule has 2 atom stereocenters. The Labute approximate surface area is 119 Å². The largest absolute Gasteiger partial charge is 0.507 e. The summed E-state index contributed by atoms with van der Waals surface area (Å²) in [4.78, 5) is 14.3. The lowest BCUT2D eigenvalue weighted by Gasteiger charge is -2.47. The zero-order valence-electron chi connectivity index (χ0n) is 11.6. The highest BCUT2D eigenvalue weighted by Crippen LogP contribution is 2.40. The number of fused-ring (bicyclic) bond motifs is 1. The fraction of sp³-hybridized carbons (Fsp3) is 0.562. The summed E-state index contributed by atoms with van der Waals surface area (Å²) in [5.41, 5.74) is -0.220. The number of para-hydroxylation sites is 1. The first-order chi connectivity index (χ1) is 9.60. The smallest absolute Gasteiger partial charge is 0.257 e. The number of carbonyl (C=O) groups excluding carboxylic acids is 1. The second-order valence-corrected chi connectivity index (χ2v) is 6.06. The average Bonchev–Trinajstić information content (AvgIpc) is 2.46. The molecule has 1 aliphatic heterocycles. The van der Waals surface area contributed by atoms with Gasteiger partial charge in [0.15, 0.2) is 0 Å². The maximum absolute atomic E-state index is 12.5. The minimum atomic E-state index is -0.576. The van der Waals surface area contributed by atoms with Crippen LogP contribution in [-0.4, -0.2) is 39.7 Å². The van der Waals surface area contributed by atoms with E-state index in [1.807, 2.05) is 0 Å². The van der Waals surface area contributed by atoms with E-state index in [0.717, 1.165) is 25.7 Å². The predicted octanol–water partition coefficient (Wildman–Crippen LogP) is 2.16. The topological polar surface area (TPSA) is 60.8 Å². The lowest BCUT2D eigenvalue weighted by atomic mass is 9.71. The van der Waals surface area contributed by atoms with E-state index in [2.05, 4.69) is 0 Å². The molecular weight excluding hydrogens is 254 g/mol. The normalized spacial score (nSPS) is 29.9. The molecule has 3 rings (SSSR count). The summed E-state index contributed by atoms with van der Waals surface area (Å²) in [6.07, 6.45) is 4.71. The molecule has 0 radical (unpaired) electrons. The highest BCUT2D eigenvalue weighted by atomic mass is 16.3. The average molecular weight is 275 g/mol. The fourth-order valence-corrected chi connectivity index (χ4v) is 3.58. The highest BCUT2D eigenvalue weighted by Gasteiger charge is 2.43. The molecule has 4 heteroatoms. The number of aliphatic hydroxyl groups is 1. The van der Waals surface area contributed by atoms with E-state index in [4.69, 9.17) is 0 Å². The van der Waals surface area contributed by atoms with Crippen molar-refractivity contribution in [3.63, 3.8) is 0 Å². The maximum atomic E-state index is 12.5. The molecule has 0 spiro atoms. The lowest BCUT2D eigenvalue weighted by Crippen LogP contribution is -2.54. The Hall–Kier alpha value is -1.55. The van der Waals surface area contributed by atoms with E-state index in [1.165, 1.54) is 6.07 Å². The summed E-state index contributed by atoms with van der Waals surface area (Å²) in [6, 6.07) is 6.66. The third kappa shape index (κ3) is 2.29. The number of piperidine rings is 1. The van der Waals surface area contributed by atoms with Crippen LogP contribution in [0.15, 0.2) is 24.3 Å². The zero-order valence-corrected chi connectivity index (χ0v) is 11.6. The van der Waals surface area contributed by atoms with E-state index in [9.17, 15) is 15.0 Å². The van der Waals surface area contributed by atoms with Crippen LogP contribution in [0.3, 0.4) is 0 Å². The highest BCUT2D eigenvalue weighted by molar-refractivity contribution is 5.96. The first-order valence-corrected chi connectivity index (χ1v) is 7.40. The standard InChI is InChI=1S/C16H21NO3/c18-14-7-2-1-6-13(14)15(19)17-10-9-16(20)8-4-3-5-12(16)11-17/h1-2,6-7,12,18,20H,3-5,8-11H2. The third-order valence-corrected chi connectivity index (χ3v) is 4.85. The molecule has 1 heterocycles. The van der Waals surface area contributed by atoms with Gasteiger partial charge in [-0.3, -0.25) is 4.79 Å². The van der Waals surface area contributed by atoms with Gasteiger partial charge < -0.3 is 15.1 Å². The van der Waals surface area contributed by atoms with Gasteiger partial charge in [-0.25, -0.2) is 0 Å². The molecule has 2 fully saturated rings. The van der Waals surface area contributed by atoms with Crippen molar-refractivity contribution in [3.8, 4) is 5.75 Å². The number of aromatic hydroxyl groups is 1. The van der Waals surface area contributed by atoms with Gasteiger partial charge in [-0.15, -0.1) is 0 Å². The number of phenols is 1. The molecular formula is C16H21NO3. The molecule has 1 aromatic rings. The Morgan fingerprint density at radius 3 is 2.85 bits per heavy atom. The molecule has 0 bridgehead atoms. The minimum absolute atomic E-state index is 0.0296. The Balaban J connectivity index is 1.76. The molecule has 108 valence electrons. The molecule has 1 aromatic carbocycles. The van der Waals surface area contributed by atoms with E-state index >= 15 is 0 Å². The van der Waals surface area contributed by atoms with Crippen LogP contribution < -0.4 is 0 Å². The number of rotatable bonds is 1. The van der Waals surface area contributed by atoms with Crippen LogP contribution in [0.25, 0.3) is 0 Å². The molecule has 20 heavy (non-hydrogen) atoms. The first kappa shape index (κ1) is 13.4. The van der Waals surface area contributed by atoms with Gasteiger partial charge in [0.1, 0.15) is 5.75 Å². The fourth-order valence-electron chi connectivity index (χ4n) is 3.58. The number of hydrogen-bond acceptors (Lipinski definition) is 3. The van der Waals surface area contributed by atoms with E-state index in [0.29, 0.717) is 25.1 Å². The van der Waals surface area contributed by atoms with Crippen molar-refractivity contribution in [1.82, 2.24) is 4.90 Å². The van der Waals surface area contributed by atoms with Gasteiger partial charge in [0.2, 0.25) is 0 Å². The Morgan fingerprint density at radius 2 is 2.05 bits per heavy atom. The summed E-state index contributed by atoms with van der Waals surface area (Å²) >= 11 is 0. The second-order valence-electron chi connectivity index (χ2n) is 6.06. The first-order valence-electron chi connectivity index (χ1n) is 7.40. The number of likely N-dealkylation sites (tertiary alicyclic amines) is 1. The zero-order chi connectivity index (χ0) is 14.2. The van der Waals surface area contributed by atoms with Crippen LogP contribution in [0.4, 0.5) is 0 Å². The number of amides is 1. The molecule has 1 saturated carbocycles. The summed E-state index contributed by atoms with van der Waals surface area (Å²) in [7, 11) is 0. The lowest BCUT2D eigenvalue weighted by molar-refractivity contribution is -0.0886. The molecule has 1 saturated heterocycles. The summed E-state index contributed by atoms with van der Waals surface area (Å²) in [5, 5.41) is 20.4. The maximum Gasteiger partial charge on any atom is 0.257 e. The third-order valence-electron chi connectivity index (χ3n) is 4.85. The molecule has 2 unspecified atom stereocenters. The van der Waals surface area contributed by atoms with Crippen molar-refractivity contribution >= 4 is 5.91 Å². The summed E-state index contributed by atoms with van der Waals surface area (Å²) in [6.45, 7) is 1.17. The molecule has 2 N–H and O–H groups in total. The monoisotopic (exact) mass is 275 g/mol. The quantitative estimate of drug-likeness (QED) is 0.825. The van der Waals surface area contributed by atoms with Gasteiger partial charge in [0.05, 0.1) is 11.2 Å². The van der Waals surface area contributed by atoms with Crippen LogP contribution in [0.2, 0.25) is 0 Å². The van der Waals surface area contributed by atoms with Crippen LogP contribution >= 0.6 is 0 Å². The molecule has 4 nitrogen and oxygen atoms in total. The van der Waals surface area contributed by atoms with Crippen molar-refractivity contribution in [3.05, 3.63) is 29.8 Å². The van der Waals surface area contributed by atoms with E-state index in [-0.39, 0.29) is 17.6 Å². The van der Waals surface area contributed by atoms with Crippen LogP contribution in [-0.2, 0) is 0 Å². The molecule has 0 aromatic heterocycles. The van der Waals surface area contributed by atoms with E-state index < -0.39 is 5.60 Å². The van der Waals surface area contributed by atoms with Gasteiger partial charge in [-0.1, -0.05) is 25.0 Å². The summed E-state index contributed by atoms with van der Waals surface area (Å²) in [5.74, 6) is 0.0810. The Kier molecular flexibility index (Phi) is 3.42. The van der Waals surface area contributed by atoms with Crippen LogP contribution in [0.5, 0.6) is 5.75 Å². The van der Waals surface area contributed by atoms with Gasteiger partial charge >= 0.3 is 0 Å². The van der Waals surface area contributed by atoms with Gasteiger partial charge in [-0.05, 0) is 31.4 Å². The number of carbonyl (C=O) groups is 1. The van der Waals surface area contributed by atoms with E-state index in [1.54, 1.807) is 23.1 Å². The van der Waals surface area contributed by atoms with Crippen LogP contribution in [0.1, 0.15) is 42.5 Å². The van der Waals surface area contributed by atoms with Crippen molar-refractivity contribution in [2.24, 2.45) is 5.92 Å². The van der Waals surface area contributed by atoms with Crippen molar-refractivity contribution in [2.45, 2.75) is 37.7 Å². The Morgan fingerprint density at radius 1 is 1.25 bits per heavy atom.